The zero-order chi connectivity index (χ0) is 23.3. The van der Waals surface area contributed by atoms with Crippen LogP contribution in [0.3, 0.4) is 0 Å². The molecule has 0 aliphatic carbocycles. The van der Waals surface area contributed by atoms with Gasteiger partial charge in [-0.3, -0.25) is 10.1 Å². The molecule has 3 rings (SSSR count). The predicted octanol–water partition coefficient (Wildman–Crippen LogP) is 4.85. The van der Waals surface area contributed by atoms with Crippen LogP contribution in [0.5, 0.6) is 0 Å². The zero-order valence-corrected chi connectivity index (χ0v) is 19.1. The first-order valence-electron chi connectivity index (χ1n) is 9.11. The lowest BCUT2D eigenvalue weighted by molar-refractivity contribution is 0.101. The molecular weight excluding hydrogens is 500 g/mol. The lowest BCUT2D eigenvalue weighted by Crippen LogP contribution is -2.21. The highest BCUT2D eigenvalue weighted by atomic mass is 79.9. The highest BCUT2D eigenvalue weighted by molar-refractivity contribution is 9.10. The average molecular weight is 516 g/mol. The number of hydrogen-bond acceptors (Lipinski definition) is 6. The van der Waals surface area contributed by atoms with Crippen LogP contribution in [0, 0.1) is 18.3 Å². The van der Waals surface area contributed by atoms with Gasteiger partial charge in [-0.25, -0.2) is 14.5 Å². The monoisotopic (exact) mass is 514 g/mol. The van der Waals surface area contributed by atoms with Crippen molar-refractivity contribution in [2.45, 2.75) is 6.92 Å². The second kappa shape index (κ2) is 10.1. The Hall–Kier alpha value is -3.68. The Morgan fingerprint density at radius 1 is 1.38 bits per heavy atom. The van der Waals surface area contributed by atoms with E-state index in [1.165, 1.54) is 29.1 Å². The van der Waals surface area contributed by atoms with E-state index in [0.29, 0.717) is 26.4 Å². The van der Waals surface area contributed by atoms with Crippen molar-refractivity contribution in [1.82, 2.24) is 14.8 Å². The normalized spacial score (nSPS) is 10.2. The molecule has 0 atom stereocenters. The summed E-state index contributed by atoms with van der Waals surface area (Å²) in [6.45, 7) is 5.18. The topological polar surface area (TPSA) is 122 Å². The molecule has 2 N–H and O–H groups in total. The first-order valence-corrected chi connectivity index (χ1v) is 10.3. The summed E-state index contributed by atoms with van der Waals surface area (Å²) in [5, 5.41) is 19.1. The third-order valence-electron chi connectivity index (χ3n) is 4.12. The Kier molecular flexibility index (Phi) is 7.25. The van der Waals surface area contributed by atoms with E-state index in [9.17, 15) is 14.9 Å². The lowest BCUT2D eigenvalue weighted by atomic mass is 10.1. The number of benzene rings is 1. The number of hydrogen-bond donors (Lipinski definition) is 2. The number of halogens is 2. The molecule has 0 bridgehead atoms. The lowest BCUT2D eigenvalue weighted by Gasteiger charge is -2.16. The fourth-order valence-electron chi connectivity index (χ4n) is 2.78. The maximum Gasteiger partial charge on any atom is 0.412 e. The Morgan fingerprint density at radius 2 is 2.16 bits per heavy atom. The number of nitrogens with zero attached hydrogens (tertiary/aromatic N) is 4. The van der Waals surface area contributed by atoms with Crippen molar-refractivity contribution in [3.63, 3.8) is 0 Å². The van der Waals surface area contributed by atoms with E-state index in [4.69, 9.17) is 16.3 Å². The predicted molar refractivity (Wildman–Crippen MR) is 123 cm³/mol. The summed E-state index contributed by atoms with van der Waals surface area (Å²) in [6.07, 6.45) is 2.18. The van der Waals surface area contributed by atoms with Crippen molar-refractivity contribution in [2.75, 3.05) is 17.2 Å². The van der Waals surface area contributed by atoms with Gasteiger partial charge in [-0.1, -0.05) is 24.3 Å². The molecule has 2 amide bonds. The third-order valence-corrected chi connectivity index (χ3v) is 4.81. The maximum absolute atomic E-state index is 13.2. The number of nitrogens with one attached hydrogen (secondary N) is 2. The largest absolute Gasteiger partial charge is 0.445 e. The van der Waals surface area contributed by atoms with Crippen LogP contribution in [0.2, 0.25) is 5.02 Å². The van der Waals surface area contributed by atoms with Crippen molar-refractivity contribution in [3.8, 4) is 11.9 Å². The van der Waals surface area contributed by atoms with Gasteiger partial charge in [0.15, 0.2) is 5.82 Å². The van der Waals surface area contributed by atoms with Gasteiger partial charge in [-0.2, -0.15) is 10.4 Å². The number of nitriles is 1. The first kappa shape index (κ1) is 23.0. The SMILES string of the molecule is C=CCOC(=O)Nc1cc(C#N)cc(C)c1NC(=O)c1cc(Br)nn1-c1ncccc1Cl. The van der Waals surface area contributed by atoms with Crippen molar-refractivity contribution >= 4 is 50.9 Å². The Bertz CT molecular complexity index is 1250. The minimum absolute atomic E-state index is 0.00248. The second-order valence-corrected chi connectivity index (χ2v) is 7.59. The molecule has 0 saturated heterocycles. The van der Waals surface area contributed by atoms with Gasteiger partial charge in [0.25, 0.3) is 5.91 Å². The van der Waals surface area contributed by atoms with Gasteiger partial charge in [0.2, 0.25) is 0 Å². The van der Waals surface area contributed by atoms with Crippen LogP contribution in [-0.4, -0.2) is 33.4 Å². The van der Waals surface area contributed by atoms with Crippen LogP contribution in [-0.2, 0) is 4.74 Å². The van der Waals surface area contributed by atoms with Gasteiger partial charge < -0.3 is 10.1 Å². The number of pyridine rings is 1. The highest BCUT2D eigenvalue weighted by Crippen LogP contribution is 2.29. The molecule has 32 heavy (non-hydrogen) atoms. The molecule has 9 nitrogen and oxygen atoms in total. The second-order valence-electron chi connectivity index (χ2n) is 6.37. The Labute approximate surface area is 196 Å². The van der Waals surface area contributed by atoms with E-state index in [-0.39, 0.29) is 23.8 Å². The van der Waals surface area contributed by atoms with Crippen LogP contribution >= 0.6 is 27.5 Å². The van der Waals surface area contributed by atoms with E-state index in [2.05, 4.69) is 43.2 Å². The van der Waals surface area contributed by atoms with Gasteiger partial charge in [-0.15, -0.1) is 0 Å². The van der Waals surface area contributed by atoms with E-state index >= 15 is 0 Å². The summed E-state index contributed by atoms with van der Waals surface area (Å²) in [6, 6.07) is 9.82. The number of carbonyl (C=O) groups is 2. The van der Waals surface area contributed by atoms with Crippen LogP contribution in [0.15, 0.2) is 53.8 Å². The van der Waals surface area contributed by atoms with Crippen LogP contribution in [0.1, 0.15) is 21.6 Å². The molecule has 3 aromatic rings. The van der Waals surface area contributed by atoms with E-state index in [0.717, 1.165) is 0 Å². The average Bonchev–Trinajstić information content (AvgIpc) is 3.16. The highest BCUT2D eigenvalue weighted by Gasteiger charge is 2.21. The van der Waals surface area contributed by atoms with Gasteiger partial charge in [0.05, 0.1) is 28.0 Å². The molecule has 162 valence electrons. The van der Waals surface area contributed by atoms with Crippen molar-refractivity contribution in [2.24, 2.45) is 0 Å². The summed E-state index contributed by atoms with van der Waals surface area (Å²) in [7, 11) is 0. The summed E-state index contributed by atoms with van der Waals surface area (Å²) < 4.78 is 6.63. The van der Waals surface area contributed by atoms with E-state index in [1.54, 1.807) is 25.1 Å². The third kappa shape index (κ3) is 5.14. The zero-order valence-electron chi connectivity index (χ0n) is 16.7. The molecule has 2 heterocycles. The van der Waals surface area contributed by atoms with Crippen molar-refractivity contribution in [1.29, 1.82) is 5.26 Å². The molecule has 11 heteroatoms. The van der Waals surface area contributed by atoms with Crippen LogP contribution in [0.4, 0.5) is 16.2 Å². The van der Waals surface area contributed by atoms with Crippen molar-refractivity contribution in [3.05, 3.63) is 75.6 Å². The summed E-state index contributed by atoms with van der Waals surface area (Å²) in [4.78, 5) is 29.4. The molecule has 0 unspecified atom stereocenters. The van der Waals surface area contributed by atoms with Gasteiger partial charge in [-0.05, 0) is 52.7 Å². The minimum Gasteiger partial charge on any atom is -0.445 e. The quantitative estimate of drug-likeness (QED) is 0.453. The molecular formula is C21H16BrClN6O3. The van der Waals surface area contributed by atoms with Crippen LogP contribution in [0.25, 0.3) is 5.82 Å². The number of aromatic nitrogens is 3. The molecule has 1 aromatic carbocycles. The van der Waals surface area contributed by atoms with Crippen LogP contribution < -0.4 is 10.6 Å². The Balaban J connectivity index is 1.98. The number of anilines is 2. The number of rotatable bonds is 6. The molecule has 0 spiro atoms. The summed E-state index contributed by atoms with van der Waals surface area (Å²) in [5.74, 6) is -0.270. The van der Waals surface area contributed by atoms with Gasteiger partial charge in [0, 0.05) is 12.3 Å². The molecule has 2 aromatic heterocycles. The summed E-state index contributed by atoms with van der Waals surface area (Å²) >= 11 is 9.48. The number of aryl methyl sites for hydroxylation is 1. The summed E-state index contributed by atoms with van der Waals surface area (Å²) in [5.41, 5.74) is 1.48. The first-order chi connectivity index (χ1) is 15.3. The fourth-order valence-corrected chi connectivity index (χ4v) is 3.36. The van der Waals surface area contributed by atoms with Crippen molar-refractivity contribution < 1.29 is 14.3 Å². The maximum atomic E-state index is 13.2. The Morgan fingerprint density at radius 3 is 2.84 bits per heavy atom. The van der Waals surface area contributed by atoms with E-state index < -0.39 is 12.0 Å². The number of carbonyl (C=O) groups excluding carboxylic acids is 2. The standard InChI is InChI=1S/C21H16BrClN6O3/c1-3-7-32-21(31)26-15-9-13(11-24)8-12(2)18(15)27-20(30)16-10-17(22)28-29(16)19-14(23)5-4-6-25-19/h3-6,8-10H,1,7H2,2H3,(H,26,31)(H,27,30). The minimum atomic E-state index is -0.761. The van der Waals surface area contributed by atoms with Gasteiger partial charge in [0.1, 0.15) is 16.9 Å². The van der Waals surface area contributed by atoms with E-state index in [1.807, 2.05) is 6.07 Å². The number of ether oxygens (including phenoxy) is 1. The molecule has 0 saturated carbocycles. The number of amides is 2. The molecule has 0 aliphatic heterocycles. The smallest absolute Gasteiger partial charge is 0.412 e. The molecule has 0 radical (unpaired) electrons. The van der Waals surface area contributed by atoms with Gasteiger partial charge >= 0.3 is 6.09 Å². The molecule has 0 aliphatic rings. The molecule has 0 fully saturated rings. The fraction of sp³-hybridized carbons (Fsp3) is 0.0952.